The Morgan fingerprint density at radius 2 is 1.93 bits per heavy atom. The molecule has 1 fully saturated rings. The van der Waals surface area contributed by atoms with E-state index in [0.29, 0.717) is 12.3 Å². The Bertz CT molecular complexity index is 799. The molecule has 1 saturated heterocycles. The molecule has 2 heterocycles. The van der Waals surface area contributed by atoms with Crippen molar-refractivity contribution in [3.8, 4) is 5.75 Å². The molecule has 150 valence electrons. The van der Waals surface area contributed by atoms with E-state index in [-0.39, 0.29) is 0 Å². The van der Waals surface area contributed by atoms with Crippen LogP contribution < -0.4 is 15.1 Å². The first-order valence-corrected chi connectivity index (χ1v) is 9.77. The highest BCUT2D eigenvalue weighted by molar-refractivity contribution is 5.80. The molecule has 0 radical (unpaired) electrons. The standard InChI is InChI=1S/C21H30N6O/c1-4-22-21(24-16-17-9-10-23-20(15-17)25(2)3)27-13-11-26(12-14-27)18-7-5-6-8-19(18)28/h5-10,15,28H,4,11-14,16H2,1-3H3,(H,22,24). The number of hydrogen-bond donors (Lipinski definition) is 2. The van der Waals surface area contributed by atoms with Gasteiger partial charge in [0.05, 0.1) is 12.2 Å². The molecule has 1 aliphatic heterocycles. The third-order valence-electron chi connectivity index (χ3n) is 4.82. The van der Waals surface area contributed by atoms with Crippen LogP contribution in [-0.4, -0.2) is 67.8 Å². The van der Waals surface area contributed by atoms with Crippen LogP contribution in [0.5, 0.6) is 5.75 Å². The summed E-state index contributed by atoms with van der Waals surface area (Å²) in [6, 6.07) is 11.6. The molecule has 1 aromatic heterocycles. The molecule has 0 atom stereocenters. The van der Waals surface area contributed by atoms with Crippen molar-refractivity contribution in [2.24, 2.45) is 4.99 Å². The second-order valence-electron chi connectivity index (χ2n) is 7.05. The van der Waals surface area contributed by atoms with Crippen LogP contribution in [0.3, 0.4) is 0 Å². The maximum absolute atomic E-state index is 10.1. The SMILES string of the molecule is CCNC(=NCc1ccnc(N(C)C)c1)N1CCN(c2ccccc2O)CC1. The van der Waals surface area contributed by atoms with Gasteiger partial charge < -0.3 is 25.1 Å². The lowest BCUT2D eigenvalue weighted by Gasteiger charge is -2.37. The fourth-order valence-corrected chi connectivity index (χ4v) is 3.29. The number of para-hydroxylation sites is 2. The first-order chi connectivity index (χ1) is 13.6. The minimum atomic E-state index is 0.339. The Morgan fingerprint density at radius 1 is 1.18 bits per heavy atom. The first-order valence-electron chi connectivity index (χ1n) is 9.77. The second-order valence-corrected chi connectivity index (χ2v) is 7.05. The fourth-order valence-electron chi connectivity index (χ4n) is 3.29. The number of benzene rings is 1. The molecule has 0 spiro atoms. The van der Waals surface area contributed by atoms with Crippen LogP contribution in [0.2, 0.25) is 0 Å². The fraction of sp³-hybridized carbons (Fsp3) is 0.429. The van der Waals surface area contributed by atoms with Gasteiger partial charge in [-0.3, -0.25) is 0 Å². The molecular formula is C21H30N6O. The highest BCUT2D eigenvalue weighted by Gasteiger charge is 2.21. The van der Waals surface area contributed by atoms with E-state index in [1.54, 1.807) is 6.07 Å². The minimum absolute atomic E-state index is 0.339. The number of rotatable bonds is 5. The molecule has 1 aromatic carbocycles. The number of hydrogen-bond acceptors (Lipinski definition) is 5. The number of piperazine rings is 1. The van der Waals surface area contributed by atoms with Crippen LogP contribution in [0.1, 0.15) is 12.5 Å². The molecule has 0 amide bonds. The summed E-state index contributed by atoms with van der Waals surface area (Å²) < 4.78 is 0. The lowest BCUT2D eigenvalue weighted by molar-refractivity contribution is 0.369. The van der Waals surface area contributed by atoms with Gasteiger partial charge in [0.25, 0.3) is 0 Å². The number of phenolic OH excluding ortho intramolecular Hbond substituents is 1. The summed E-state index contributed by atoms with van der Waals surface area (Å²) in [5, 5.41) is 13.5. The van der Waals surface area contributed by atoms with Crippen molar-refractivity contribution in [2.75, 3.05) is 56.6 Å². The average Bonchev–Trinajstić information content (AvgIpc) is 2.72. The van der Waals surface area contributed by atoms with Crippen molar-refractivity contribution in [2.45, 2.75) is 13.5 Å². The quantitative estimate of drug-likeness (QED) is 0.610. The van der Waals surface area contributed by atoms with Gasteiger partial charge in [-0.15, -0.1) is 0 Å². The molecule has 7 heteroatoms. The molecule has 0 bridgehead atoms. The summed E-state index contributed by atoms with van der Waals surface area (Å²) in [4.78, 5) is 15.7. The molecule has 2 aromatic rings. The van der Waals surface area contributed by atoms with E-state index in [4.69, 9.17) is 4.99 Å². The number of pyridine rings is 1. The van der Waals surface area contributed by atoms with Gasteiger partial charge in [0.1, 0.15) is 11.6 Å². The highest BCUT2D eigenvalue weighted by atomic mass is 16.3. The summed E-state index contributed by atoms with van der Waals surface area (Å²) in [6.45, 7) is 6.95. The average molecular weight is 383 g/mol. The van der Waals surface area contributed by atoms with Gasteiger partial charge in [0.2, 0.25) is 0 Å². The molecule has 7 nitrogen and oxygen atoms in total. The van der Waals surface area contributed by atoms with Gasteiger partial charge in [-0.05, 0) is 36.8 Å². The predicted octanol–water partition coefficient (Wildman–Crippen LogP) is 2.14. The number of aromatic hydroxyl groups is 1. The second kappa shape index (κ2) is 9.30. The van der Waals surface area contributed by atoms with Crippen molar-refractivity contribution in [3.05, 3.63) is 48.2 Å². The van der Waals surface area contributed by atoms with E-state index >= 15 is 0 Å². The normalized spacial score (nSPS) is 14.9. The van der Waals surface area contributed by atoms with Crippen LogP contribution in [-0.2, 0) is 6.54 Å². The van der Waals surface area contributed by atoms with E-state index in [1.165, 1.54) is 0 Å². The first kappa shape index (κ1) is 19.8. The molecule has 1 aliphatic rings. The van der Waals surface area contributed by atoms with Crippen molar-refractivity contribution in [1.29, 1.82) is 0 Å². The van der Waals surface area contributed by atoms with Crippen LogP contribution in [0.25, 0.3) is 0 Å². The van der Waals surface area contributed by atoms with Gasteiger partial charge in [0, 0.05) is 53.0 Å². The van der Waals surface area contributed by atoms with Crippen molar-refractivity contribution >= 4 is 17.5 Å². The number of aromatic nitrogens is 1. The van der Waals surface area contributed by atoms with Gasteiger partial charge in [-0.25, -0.2) is 9.98 Å². The monoisotopic (exact) mass is 382 g/mol. The number of nitrogens with one attached hydrogen (secondary N) is 1. The highest BCUT2D eigenvalue weighted by Crippen LogP contribution is 2.27. The molecular weight excluding hydrogens is 352 g/mol. The van der Waals surface area contributed by atoms with E-state index in [0.717, 1.165) is 55.8 Å². The Morgan fingerprint density at radius 3 is 2.61 bits per heavy atom. The molecule has 3 rings (SSSR count). The van der Waals surface area contributed by atoms with Gasteiger partial charge in [0.15, 0.2) is 5.96 Å². The molecule has 0 saturated carbocycles. The van der Waals surface area contributed by atoms with Crippen LogP contribution in [0.15, 0.2) is 47.6 Å². The summed E-state index contributed by atoms with van der Waals surface area (Å²) in [6.07, 6.45) is 1.83. The third kappa shape index (κ3) is 4.85. The summed E-state index contributed by atoms with van der Waals surface area (Å²) in [5.41, 5.74) is 2.04. The molecule has 28 heavy (non-hydrogen) atoms. The van der Waals surface area contributed by atoms with Gasteiger partial charge in [-0.1, -0.05) is 12.1 Å². The maximum Gasteiger partial charge on any atom is 0.194 e. The minimum Gasteiger partial charge on any atom is -0.506 e. The van der Waals surface area contributed by atoms with E-state index in [9.17, 15) is 5.11 Å². The zero-order chi connectivity index (χ0) is 19.9. The van der Waals surface area contributed by atoms with Crippen LogP contribution in [0.4, 0.5) is 11.5 Å². The molecule has 0 unspecified atom stereocenters. The Labute approximate surface area is 167 Å². The number of guanidine groups is 1. The van der Waals surface area contributed by atoms with E-state index in [2.05, 4.69) is 33.1 Å². The van der Waals surface area contributed by atoms with Gasteiger partial charge in [-0.2, -0.15) is 0 Å². The lowest BCUT2D eigenvalue weighted by Crippen LogP contribution is -2.52. The van der Waals surface area contributed by atoms with Crippen molar-refractivity contribution < 1.29 is 5.11 Å². The van der Waals surface area contributed by atoms with E-state index in [1.807, 2.05) is 49.5 Å². The maximum atomic E-state index is 10.1. The summed E-state index contributed by atoms with van der Waals surface area (Å²) in [7, 11) is 3.98. The summed E-state index contributed by atoms with van der Waals surface area (Å²) >= 11 is 0. The molecule has 0 aliphatic carbocycles. The number of phenols is 1. The zero-order valence-electron chi connectivity index (χ0n) is 17.0. The Hall–Kier alpha value is -2.96. The van der Waals surface area contributed by atoms with Crippen molar-refractivity contribution in [3.63, 3.8) is 0 Å². The lowest BCUT2D eigenvalue weighted by atomic mass is 10.2. The predicted molar refractivity (Wildman–Crippen MR) is 115 cm³/mol. The van der Waals surface area contributed by atoms with E-state index < -0.39 is 0 Å². The van der Waals surface area contributed by atoms with Crippen molar-refractivity contribution in [1.82, 2.24) is 15.2 Å². The molecule has 2 N–H and O–H groups in total. The Kier molecular flexibility index (Phi) is 6.57. The van der Waals surface area contributed by atoms with Crippen LogP contribution >= 0.6 is 0 Å². The topological polar surface area (TPSA) is 67.2 Å². The number of aliphatic imine (C=N–C) groups is 1. The Balaban J connectivity index is 1.65. The third-order valence-corrected chi connectivity index (χ3v) is 4.82. The largest absolute Gasteiger partial charge is 0.506 e. The van der Waals surface area contributed by atoms with Crippen LogP contribution in [0, 0.1) is 0 Å². The summed E-state index contributed by atoms with van der Waals surface area (Å²) in [5.74, 6) is 2.21. The number of anilines is 2. The van der Waals surface area contributed by atoms with Gasteiger partial charge >= 0.3 is 0 Å². The zero-order valence-corrected chi connectivity index (χ0v) is 17.0. The number of nitrogens with zero attached hydrogens (tertiary/aromatic N) is 5. The smallest absolute Gasteiger partial charge is 0.194 e.